The van der Waals surface area contributed by atoms with Gasteiger partial charge in [0.2, 0.25) is 17.7 Å². The molecule has 4 aliphatic rings. The Morgan fingerprint density at radius 1 is 0.504 bits per heavy atom. The number of ether oxygens (including phenoxy) is 3. The number of aromatic amines is 1. The summed E-state index contributed by atoms with van der Waals surface area (Å²) in [6.07, 6.45) is 23.8. The lowest BCUT2D eigenvalue weighted by Gasteiger charge is -2.42. The quantitative estimate of drug-likeness (QED) is 0.0266. The maximum Gasteiger partial charge on any atom is 0.410 e. The van der Waals surface area contributed by atoms with E-state index >= 15 is 0 Å². The Balaban J connectivity index is 0.000000212. The van der Waals surface area contributed by atoms with Gasteiger partial charge in [0.05, 0.1) is 98.0 Å². The lowest BCUT2D eigenvalue weighted by Crippen LogP contribution is -2.56. The van der Waals surface area contributed by atoms with Crippen molar-refractivity contribution in [1.82, 2.24) is 105 Å². The molecule has 4 saturated heterocycles. The molecule has 0 spiro atoms. The Morgan fingerprint density at radius 2 is 0.945 bits per heavy atom. The first-order chi connectivity index (χ1) is 59.9. The van der Waals surface area contributed by atoms with E-state index in [0.29, 0.717) is 77.7 Å². The maximum absolute atomic E-state index is 13.9. The number of halogens is 7. The van der Waals surface area contributed by atoms with Crippen molar-refractivity contribution < 1.29 is 51.8 Å². The first kappa shape index (κ1) is 105. The summed E-state index contributed by atoms with van der Waals surface area (Å²) in [4.78, 5) is 131. The Bertz CT molecular complexity index is 4900. The first-order valence-electron chi connectivity index (χ1n) is 41.9. The van der Waals surface area contributed by atoms with Gasteiger partial charge < -0.3 is 54.2 Å². The van der Waals surface area contributed by atoms with E-state index in [4.69, 9.17) is 42.4 Å². The Morgan fingerprint density at radius 3 is 1.42 bits per heavy atom. The van der Waals surface area contributed by atoms with Gasteiger partial charge in [-0.2, -0.15) is 13.9 Å². The van der Waals surface area contributed by atoms with Gasteiger partial charge in [-0.05, 0) is 216 Å². The molecule has 4 amide bonds. The van der Waals surface area contributed by atoms with Crippen LogP contribution in [0.5, 0.6) is 0 Å². The van der Waals surface area contributed by atoms with Crippen molar-refractivity contribution in [3.63, 3.8) is 0 Å². The van der Waals surface area contributed by atoms with Gasteiger partial charge in [0.15, 0.2) is 5.65 Å². The number of fused-ring (bicyclic) bond motifs is 1. The number of amides is 4. The van der Waals surface area contributed by atoms with E-state index in [0.717, 1.165) is 116 Å². The molecule has 4 aliphatic heterocycles. The van der Waals surface area contributed by atoms with Crippen LogP contribution in [0.4, 0.5) is 40.6 Å². The Labute approximate surface area is 794 Å². The van der Waals surface area contributed by atoms with Gasteiger partial charge in [-0.3, -0.25) is 44.4 Å². The Hall–Kier alpha value is -8.82. The molecule has 127 heavy (non-hydrogen) atoms. The van der Waals surface area contributed by atoms with Crippen LogP contribution >= 0.6 is 91.0 Å². The highest BCUT2D eigenvalue weighted by Gasteiger charge is 2.38. The normalized spacial score (nSPS) is 16.5. The number of rotatable bonds is 16. The highest BCUT2D eigenvalue weighted by atomic mass is 127. The molecular weight excluding hydrogens is 2010 g/mol. The molecule has 4 fully saturated rings. The molecule has 0 unspecified atom stereocenters. The van der Waals surface area contributed by atoms with Gasteiger partial charge in [0.1, 0.15) is 67.1 Å². The predicted octanol–water partition coefficient (Wildman–Crippen LogP) is 16.1. The van der Waals surface area contributed by atoms with E-state index in [1.54, 1.807) is 48.3 Å². The molecule has 9 aromatic rings. The van der Waals surface area contributed by atoms with Crippen LogP contribution in [0.2, 0.25) is 10.3 Å². The SMILES string of the molecule is CC(C)C[C@H]1CN(c2cncc(-c3[nH]nc4ncccc34)n2)CCN1.CC(C)C[C@H]1CN(c2cncc(C(=O)c3cccnc3F)n2)CCN1C(=O)OC(C)(C)C.CC(C)C[C@H]1CN(c2cncc(I)n2)CCN1C(=O)OC(C)(C)C.CC(C)C[C@H]1CNCCN1C(=O)OC(C)(C)C.CON(C)C(=O)c1cccnc1F.Clc1cncc(Cl)n1.Ic1cncc(I)n1. The average Bonchev–Trinajstić information content (AvgIpc) is 1.75. The second-order valence-electron chi connectivity index (χ2n) is 34.7. The molecule has 40 heteroatoms. The number of carbonyl (C=O) groups excluding carboxylic acids is 5. The molecule has 0 saturated carbocycles. The smallest absolute Gasteiger partial charge is 0.410 e. The molecule has 33 nitrogen and oxygen atoms in total. The molecule has 0 aliphatic carbocycles. The molecule has 9 aromatic heterocycles. The van der Waals surface area contributed by atoms with Crippen LogP contribution in [0.1, 0.15) is 170 Å². The number of carbonyl (C=O) groups is 5. The van der Waals surface area contributed by atoms with Gasteiger partial charge in [-0.25, -0.2) is 59.3 Å². The lowest BCUT2D eigenvalue weighted by atomic mass is 10.0. The van der Waals surface area contributed by atoms with Crippen molar-refractivity contribution in [2.24, 2.45) is 23.7 Å². The Kier molecular flexibility index (Phi) is 42.2. The molecule has 4 atom stereocenters. The van der Waals surface area contributed by atoms with Gasteiger partial charge in [0.25, 0.3) is 5.91 Å². The van der Waals surface area contributed by atoms with Gasteiger partial charge in [0, 0.05) is 122 Å². The third kappa shape index (κ3) is 36.2. The van der Waals surface area contributed by atoms with Crippen molar-refractivity contribution in [3.8, 4) is 11.4 Å². The molecular formula is C87H119Cl2F2I3N24O9. The summed E-state index contributed by atoms with van der Waals surface area (Å²) in [5.41, 5.74) is 0.699. The fourth-order valence-electron chi connectivity index (χ4n) is 13.5. The summed E-state index contributed by atoms with van der Waals surface area (Å²) >= 11 is 17.2. The van der Waals surface area contributed by atoms with E-state index in [9.17, 15) is 32.8 Å². The van der Waals surface area contributed by atoms with Crippen LogP contribution in [0.3, 0.4) is 0 Å². The van der Waals surface area contributed by atoms with Crippen molar-refractivity contribution >= 4 is 149 Å². The standard InChI is InChI=1S/C23H30FN5O3.C18H23N7.C17H27IN4O2.C13H26N2O2.C8H9FN2O2.C4H2Cl2N2.C4H2I2N2/c1-15(2)11-16-14-28(9-10-29(16)22(31)32-23(3,4)5)19-13-25-12-18(27-19)20(30)17-7-6-8-26-21(17)24;1-12(2)8-13-11-25(7-6-20-13)16-10-19-9-15(22-16)17-14-4-3-5-21-18(14)24-23-17;1-12(2)8-13-11-21(15-10-19-9-14(18)20-15)6-7-22(13)16(23)24-17(3,4)5;1-10(2)8-11-9-14-6-7-15(11)12(16)17-13(3,4)5;1-11(13-2)8(12)6-4-3-5-10-7(6)9;2*5-3-1-7-2-4(6)8-3/h6-8,12-13,15-16H,9-11,14H2,1-5H3;3-5,9-10,12-13,20H,6-8,11H2,1-2H3,(H,21,23,24);9-10,12-13H,6-8,11H2,1-5H3;10-11,14H,6-9H2,1-5H3;3-5H,1-2H3;2*1-2H/t16-;2*13-;11-;;;/m0000.../s1. The number of pyridine rings is 3. The van der Waals surface area contributed by atoms with Gasteiger partial charge in [-0.1, -0.05) is 78.6 Å². The number of hydrogen-bond donors (Lipinski definition) is 3. The summed E-state index contributed by atoms with van der Waals surface area (Å²) < 4.78 is 46.3. The summed E-state index contributed by atoms with van der Waals surface area (Å²) in [6.45, 7) is 43.4. The molecule has 0 aromatic carbocycles. The van der Waals surface area contributed by atoms with Gasteiger partial charge >= 0.3 is 18.3 Å². The summed E-state index contributed by atoms with van der Waals surface area (Å²) in [7, 11) is 2.72. The summed E-state index contributed by atoms with van der Waals surface area (Å²) in [5.74, 6) is 1.67. The van der Waals surface area contributed by atoms with Crippen molar-refractivity contribution in [2.75, 3.05) is 107 Å². The highest BCUT2D eigenvalue weighted by Crippen LogP contribution is 2.30. The van der Waals surface area contributed by atoms with E-state index in [2.05, 4.69) is 218 Å². The zero-order valence-corrected chi connectivity index (χ0v) is 83.6. The van der Waals surface area contributed by atoms with E-state index in [1.807, 2.05) is 95.3 Å². The van der Waals surface area contributed by atoms with Crippen LogP contribution < -0.4 is 25.3 Å². The summed E-state index contributed by atoms with van der Waals surface area (Å²) in [6, 6.07) is 10.4. The minimum absolute atomic E-state index is 0.0457. The molecule has 690 valence electrons. The summed E-state index contributed by atoms with van der Waals surface area (Å²) in [5, 5.41) is 16.8. The van der Waals surface area contributed by atoms with Crippen LogP contribution in [0.25, 0.3) is 22.4 Å². The first-order valence-corrected chi connectivity index (χ1v) is 45.9. The largest absolute Gasteiger partial charge is 0.444 e. The number of nitrogens with zero attached hydrogens (tertiary/aromatic N) is 21. The van der Waals surface area contributed by atoms with Crippen LogP contribution in [-0.4, -0.2) is 258 Å². The molecule has 13 rings (SSSR count). The zero-order chi connectivity index (χ0) is 93.5. The molecule has 0 bridgehead atoms. The van der Waals surface area contributed by atoms with E-state index < -0.39 is 40.4 Å². The van der Waals surface area contributed by atoms with Crippen LogP contribution in [0, 0.1) is 46.7 Å². The van der Waals surface area contributed by atoms with Gasteiger partial charge in [-0.15, -0.1) is 0 Å². The van der Waals surface area contributed by atoms with Crippen LogP contribution in [-0.2, 0) is 19.0 Å². The average molecular weight is 2130 g/mol. The number of hydrogen-bond acceptors (Lipinski definition) is 28. The molecule has 0 radical (unpaired) electrons. The van der Waals surface area contributed by atoms with Crippen LogP contribution in [0.15, 0.2) is 117 Å². The number of hydroxylamine groups is 2. The van der Waals surface area contributed by atoms with Crippen molar-refractivity contribution in [1.29, 1.82) is 0 Å². The fraction of sp³-hybridized carbons (Fsp3) is 0.529. The third-order valence-corrected chi connectivity index (χ3v) is 20.7. The topological polar surface area (TPSA) is 365 Å². The minimum atomic E-state index is -0.840. The predicted molar refractivity (Wildman–Crippen MR) is 511 cm³/mol. The molecule has 3 N–H and O–H groups in total. The second kappa shape index (κ2) is 51.0. The van der Waals surface area contributed by atoms with E-state index in [-0.39, 0.29) is 53.2 Å². The van der Waals surface area contributed by atoms with E-state index in [1.165, 1.54) is 75.8 Å². The zero-order valence-electron chi connectivity index (χ0n) is 75.6. The lowest BCUT2D eigenvalue weighted by molar-refractivity contribution is -0.0760. The highest BCUT2D eigenvalue weighted by molar-refractivity contribution is 14.1. The molecule has 13 heterocycles. The number of piperazine rings is 4. The fourth-order valence-corrected chi connectivity index (χ4v) is 15.5. The number of H-pyrrole nitrogens is 1. The van der Waals surface area contributed by atoms with Crippen molar-refractivity contribution in [2.45, 2.75) is 184 Å². The minimum Gasteiger partial charge on any atom is -0.444 e. The number of ketones is 1. The number of aromatic nitrogens is 15. The maximum atomic E-state index is 13.9. The monoisotopic (exact) mass is 2130 g/mol. The third-order valence-electron chi connectivity index (χ3n) is 18.8. The second-order valence-corrected chi connectivity index (χ2v) is 38.8. The number of nitrogens with one attached hydrogen (secondary N) is 3. The number of anilines is 3. The van der Waals surface area contributed by atoms with Crippen molar-refractivity contribution in [3.05, 3.63) is 167 Å².